The second-order valence-electron chi connectivity index (χ2n) is 6.55. The molecule has 0 N–H and O–H groups in total. The number of aryl methyl sites for hydroxylation is 1. The van der Waals surface area contributed by atoms with Gasteiger partial charge in [0, 0.05) is 19.5 Å². The Balaban J connectivity index is 1.51. The summed E-state index contributed by atoms with van der Waals surface area (Å²) in [6.45, 7) is 2.87. The van der Waals surface area contributed by atoms with Gasteiger partial charge in [-0.15, -0.1) is 0 Å². The van der Waals surface area contributed by atoms with Crippen LogP contribution in [-0.2, 0) is 11.2 Å². The van der Waals surface area contributed by atoms with Crippen LogP contribution in [0.3, 0.4) is 0 Å². The van der Waals surface area contributed by atoms with E-state index in [1.54, 1.807) is 14.0 Å². The largest absolute Gasteiger partial charge is 0.497 e. The summed E-state index contributed by atoms with van der Waals surface area (Å²) >= 11 is 0. The second kappa shape index (κ2) is 6.38. The smallest absolute Gasteiger partial charge is 0.230 e. The van der Waals surface area contributed by atoms with Gasteiger partial charge in [-0.25, -0.2) is 0 Å². The highest BCUT2D eigenvalue weighted by Gasteiger charge is 2.38. The van der Waals surface area contributed by atoms with Crippen molar-refractivity contribution in [2.45, 2.75) is 32.2 Å². The zero-order valence-corrected chi connectivity index (χ0v) is 14.4. The fourth-order valence-electron chi connectivity index (χ4n) is 3.62. The third-order valence-corrected chi connectivity index (χ3v) is 4.91. The number of carbonyl (C=O) groups excluding carboxylic acids is 1. The minimum Gasteiger partial charge on any atom is -0.497 e. The summed E-state index contributed by atoms with van der Waals surface area (Å²) in [4.78, 5) is 19.2. The van der Waals surface area contributed by atoms with Crippen molar-refractivity contribution in [3.63, 3.8) is 0 Å². The van der Waals surface area contributed by atoms with Crippen LogP contribution in [0.5, 0.6) is 11.5 Å². The first-order valence-corrected chi connectivity index (χ1v) is 8.56. The average molecular weight is 343 g/mol. The molecular formula is C18H21N3O4. The molecular weight excluding hydrogens is 322 g/mol. The number of rotatable bonds is 3. The zero-order chi connectivity index (χ0) is 17.4. The molecule has 3 heterocycles. The Morgan fingerprint density at radius 3 is 3.04 bits per heavy atom. The van der Waals surface area contributed by atoms with Gasteiger partial charge in [0.15, 0.2) is 5.82 Å². The molecule has 0 bridgehead atoms. The predicted octanol–water partition coefficient (Wildman–Crippen LogP) is 2.30. The Bertz CT molecular complexity index is 788. The predicted molar refractivity (Wildman–Crippen MR) is 88.4 cm³/mol. The molecule has 4 rings (SSSR count). The van der Waals surface area contributed by atoms with Gasteiger partial charge in [0.25, 0.3) is 0 Å². The number of nitrogens with zero attached hydrogens (tertiary/aromatic N) is 3. The molecule has 7 nitrogen and oxygen atoms in total. The van der Waals surface area contributed by atoms with Crippen LogP contribution in [-0.4, -0.2) is 41.2 Å². The molecule has 132 valence electrons. The number of hydrogen-bond donors (Lipinski definition) is 0. The zero-order valence-electron chi connectivity index (χ0n) is 14.4. The van der Waals surface area contributed by atoms with Gasteiger partial charge >= 0.3 is 0 Å². The maximum absolute atomic E-state index is 13.1. The molecule has 1 amide bonds. The van der Waals surface area contributed by atoms with E-state index in [9.17, 15) is 4.79 Å². The van der Waals surface area contributed by atoms with Gasteiger partial charge < -0.3 is 18.9 Å². The number of hydrogen-bond acceptors (Lipinski definition) is 6. The van der Waals surface area contributed by atoms with Crippen molar-refractivity contribution in [3.8, 4) is 11.5 Å². The Hall–Kier alpha value is -2.57. The molecule has 25 heavy (non-hydrogen) atoms. The van der Waals surface area contributed by atoms with Gasteiger partial charge in [0.2, 0.25) is 11.8 Å². The molecule has 2 aliphatic rings. The molecule has 1 aromatic carbocycles. The van der Waals surface area contributed by atoms with Crippen molar-refractivity contribution >= 4 is 5.91 Å². The van der Waals surface area contributed by atoms with Crippen LogP contribution in [0.2, 0.25) is 0 Å². The van der Waals surface area contributed by atoms with Gasteiger partial charge in [-0.1, -0.05) is 11.2 Å². The number of likely N-dealkylation sites (tertiary alicyclic amines) is 1. The normalized spacial score (nSPS) is 22.4. The highest BCUT2D eigenvalue weighted by molar-refractivity contribution is 5.80. The summed E-state index contributed by atoms with van der Waals surface area (Å²) in [6, 6.07) is 5.65. The third kappa shape index (κ3) is 2.94. The molecule has 7 heteroatoms. The van der Waals surface area contributed by atoms with Crippen molar-refractivity contribution < 1.29 is 18.8 Å². The number of carbonyl (C=O) groups is 1. The summed E-state index contributed by atoms with van der Waals surface area (Å²) in [6.07, 6.45) is 2.49. The average Bonchev–Trinajstić information content (AvgIpc) is 3.28. The SMILES string of the molecule is COc1ccc2c(c1)OC[C@@H](C(=O)N1CCC[C@H]1c1noc(C)n1)C2. The molecule has 0 radical (unpaired) electrons. The van der Waals surface area contributed by atoms with Crippen molar-refractivity contribution in [2.24, 2.45) is 5.92 Å². The monoisotopic (exact) mass is 343 g/mol. The van der Waals surface area contributed by atoms with Crippen LogP contribution in [0.15, 0.2) is 22.7 Å². The van der Waals surface area contributed by atoms with Crippen molar-refractivity contribution in [1.82, 2.24) is 15.0 Å². The minimum absolute atomic E-state index is 0.0952. The van der Waals surface area contributed by atoms with E-state index in [-0.39, 0.29) is 17.9 Å². The van der Waals surface area contributed by atoms with Gasteiger partial charge in [0.1, 0.15) is 18.1 Å². The van der Waals surface area contributed by atoms with Crippen LogP contribution in [0.1, 0.15) is 36.2 Å². The van der Waals surface area contributed by atoms with E-state index in [1.165, 1.54) is 0 Å². The lowest BCUT2D eigenvalue weighted by Crippen LogP contribution is -2.40. The van der Waals surface area contributed by atoms with Crippen molar-refractivity contribution in [1.29, 1.82) is 0 Å². The van der Waals surface area contributed by atoms with E-state index in [1.807, 2.05) is 23.1 Å². The Kier molecular flexibility index (Phi) is 4.07. The summed E-state index contributed by atoms with van der Waals surface area (Å²) < 4.78 is 16.1. The number of methoxy groups -OCH3 is 1. The topological polar surface area (TPSA) is 77.7 Å². The first kappa shape index (κ1) is 15.9. The Morgan fingerprint density at radius 2 is 2.28 bits per heavy atom. The maximum atomic E-state index is 13.1. The number of benzene rings is 1. The third-order valence-electron chi connectivity index (χ3n) is 4.91. The summed E-state index contributed by atoms with van der Waals surface area (Å²) in [5.41, 5.74) is 1.04. The number of ether oxygens (including phenoxy) is 2. The molecule has 1 fully saturated rings. The first-order valence-electron chi connectivity index (χ1n) is 8.56. The first-order chi connectivity index (χ1) is 12.2. The quantitative estimate of drug-likeness (QED) is 0.851. The highest BCUT2D eigenvalue weighted by atomic mass is 16.5. The molecule has 0 unspecified atom stereocenters. The fourth-order valence-corrected chi connectivity index (χ4v) is 3.62. The van der Waals surface area contributed by atoms with E-state index in [2.05, 4.69) is 10.1 Å². The highest BCUT2D eigenvalue weighted by Crippen LogP contribution is 2.35. The lowest BCUT2D eigenvalue weighted by molar-refractivity contribution is -0.138. The van der Waals surface area contributed by atoms with Gasteiger partial charge in [-0.2, -0.15) is 4.98 Å². The lowest BCUT2D eigenvalue weighted by Gasteiger charge is -2.30. The summed E-state index contributed by atoms with van der Waals surface area (Å²) in [5.74, 6) is 2.61. The van der Waals surface area contributed by atoms with Crippen LogP contribution in [0.4, 0.5) is 0 Å². The van der Waals surface area contributed by atoms with E-state index in [0.717, 1.165) is 36.4 Å². The standard InChI is InChI=1S/C18H21N3O4/c1-11-19-17(20-25-11)15-4-3-7-21(15)18(22)13-8-12-5-6-14(23-2)9-16(12)24-10-13/h5-6,9,13,15H,3-4,7-8,10H2,1-2H3/t13-,15-/m0/s1. The molecule has 1 aromatic heterocycles. The lowest BCUT2D eigenvalue weighted by atomic mass is 9.95. The molecule has 0 saturated carbocycles. The van der Waals surface area contributed by atoms with E-state index in [4.69, 9.17) is 14.0 Å². The molecule has 0 spiro atoms. The van der Waals surface area contributed by atoms with Crippen LogP contribution < -0.4 is 9.47 Å². The van der Waals surface area contributed by atoms with Crippen LogP contribution >= 0.6 is 0 Å². The van der Waals surface area contributed by atoms with Crippen LogP contribution in [0, 0.1) is 12.8 Å². The number of fused-ring (bicyclic) bond motifs is 1. The molecule has 0 aliphatic carbocycles. The number of amides is 1. The Morgan fingerprint density at radius 1 is 1.40 bits per heavy atom. The summed E-state index contributed by atoms with van der Waals surface area (Å²) in [7, 11) is 1.63. The molecule has 2 atom stereocenters. The molecule has 2 aromatic rings. The molecule has 1 saturated heterocycles. The summed E-state index contributed by atoms with van der Waals surface area (Å²) in [5, 5.41) is 4.01. The van der Waals surface area contributed by atoms with E-state index >= 15 is 0 Å². The van der Waals surface area contributed by atoms with Gasteiger partial charge in [-0.05, 0) is 30.9 Å². The van der Waals surface area contributed by atoms with Crippen molar-refractivity contribution in [3.05, 3.63) is 35.5 Å². The number of aromatic nitrogens is 2. The minimum atomic E-state index is -0.186. The fraction of sp³-hybridized carbons (Fsp3) is 0.500. The van der Waals surface area contributed by atoms with Crippen LogP contribution in [0.25, 0.3) is 0 Å². The van der Waals surface area contributed by atoms with Crippen molar-refractivity contribution in [2.75, 3.05) is 20.3 Å². The van der Waals surface area contributed by atoms with Gasteiger partial charge in [0.05, 0.1) is 19.1 Å². The maximum Gasteiger partial charge on any atom is 0.230 e. The van der Waals surface area contributed by atoms with Gasteiger partial charge in [-0.3, -0.25) is 4.79 Å². The van der Waals surface area contributed by atoms with E-state index < -0.39 is 0 Å². The van der Waals surface area contributed by atoms with E-state index in [0.29, 0.717) is 24.7 Å². The second-order valence-corrected chi connectivity index (χ2v) is 6.55. The Labute approximate surface area is 145 Å². The molecule has 2 aliphatic heterocycles.